The van der Waals surface area contributed by atoms with E-state index in [0.717, 1.165) is 32.4 Å². The van der Waals surface area contributed by atoms with E-state index in [1.807, 2.05) is 23.1 Å². The van der Waals surface area contributed by atoms with Gasteiger partial charge in [-0.05, 0) is 25.5 Å². The Morgan fingerprint density at radius 1 is 1.41 bits per heavy atom. The van der Waals surface area contributed by atoms with Crippen molar-refractivity contribution in [1.29, 1.82) is 0 Å². The lowest BCUT2D eigenvalue weighted by atomic mass is 9.78. The molecule has 2 heterocycles. The molecule has 0 radical (unpaired) electrons. The molecule has 0 saturated carbocycles. The smallest absolute Gasteiger partial charge is 0.232 e. The maximum atomic E-state index is 12.3. The Bertz CT molecular complexity index is 334. The van der Waals surface area contributed by atoms with Crippen LogP contribution in [0, 0.1) is 5.41 Å². The zero-order valence-electron chi connectivity index (χ0n) is 10.6. The molecule has 4 nitrogen and oxygen atoms in total. The van der Waals surface area contributed by atoms with Crippen molar-refractivity contribution in [2.75, 3.05) is 38.7 Å². The number of hydrogen-bond acceptors (Lipinski definition) is 3. The summed E-state index contributed by atoms with van der Waals surface area (Å²) in [5.74, 6) is 0.943. The lowest BCUT2D eigenvalue weighted by Crippen LogP contribution is -2.48. The Morgan fingerprint density at radius 3 is 2.88 bits per heavy atom. The quantitative estimate of drug-likeness (QED) is 0.734. The van der Waals surface area contributed by atoms with Gasteiger partial charge < -0.3 is 9.80 Å². The third kappa shape index (κ3) is 2.30. The molecule has 2 amide bonds. The average Bonchev–Trinajstić information content (AvgIpc) is 2.72. The van der Waals surface area contributed by atoms with Crippen LogP contribution < -0.4 is 0 Å². The van der Waals surface area contributed by atoms with Crippen LogP contribution >= 0.6 is 11.8 Å². The van der Waals surface area contributed by atoms with E-state index in [0.29, 0.717) is 12.3 Å². The maximum absolute atomic E-state index is 12.3. The Kier molecular flexibility index (Phi) is 3.66. The molecule has 0 aromatic rings. The van der Waals surface area contributed by atoms with Crippen LogP contribution in [0.15, 0.2) is 0 Å². The molecule has 1 spiro atoms. The molecule has 2 aliphatic rings. The molecular weight excluding hydrogens is 236 g/mol. The van der Waals surface area contributed by atoms with E-state index in [1.54, 1.807) is 11.8 Å². The second-order valence-electron chi connectivity index (χ2n) is 5.11. The highest BCUT2D eigenvalue weighted by molar-refractivity contribution is 7.99. The van der Waals surface area contributed by atoms with Crippen molar-refractivity contribution in [3.05, 3.63) is 0 Å². The first-order chi connectivity index (χ1) is 8.09. The molecule has 2 saturated heterocycles. The molecule has 1 atom stereocenters. The van der Waals surface area contributed by atoms with Gasteiger partial charge >= 0.3 is 0 Å². The lowest BCUT2D eigenvalue weighted by Gasteiger charge is -2.37. The van der Waals surface area contributed by atoms with Crippen LogP contribution in [-0.2, 0) is 9.59 Å². The Hall–Kier alpha value is -0.710. The second-order valence-corrected chi connectivity index (χ2v) is 5.97. The van der Waals surface area contributed by atoms with Crippen LogP contribution in [-0.4, -0.2) is 60.3 Å². The van der Waals surface area contributed by atoms with Crippen molar-refractivity contribution < 1.29 is 9.59 Å². The van der Waals surface area contributed by atoms with E-state index in [9.17, 15) is 9.59 Å². The van der Waals surface area contributed by atoms with Crippen LogP contribution in [0.5, 0.6) is 0 Å². The van der Waals surface area contributed by atoms with Gasteiger partial charge in [0.05, 0.1) is 11.2 Å². The topological polar surface area (TPSA) is 40.6 Å². The molecule has 2 fully saturated rings. The van der Waals surface area contributed by atoms with Gasteiger partial charge in [-0.2, -0.15) is 11.8 Å². The zero-order valence-corrected chi connectivity index (χ0v) is 11.4. The standard InChI is InChI=1S/C12H20N2O2S/c1-13-6-3-4-12(11(13)16)5-7-14(9-12)10(15)8-17-2/h3-9H2,1-2H3/t12-/m0/s1. The lowest BCUT2D eigenvalue weighted by molar-refractivity contribution is -0.144. The monoisotopic (exact) mass is 256 g/mol. The number of thioether (sulfide) groups is 1. The molecule has 17 heavy (non-hydrogen) atoms. The summed E-state index contributed by atoms with van der Waals surface area (Å²) in [5.41, 5.74) is -0.263. The Morgan fingerprint density at radius 2 is 2.18 bits per heavy atom. The zero-order chi connectivity index (χ0) is 12.5. The first-order valence-electron chi connectivity index (χ1n) is 6.11. The number of rotatable bonds is 2. The summed E-state index contributed by atoms with van der Waals surface area (Å²) in [6, 6.07) is 0. The molecule has 0 aromatic heterocycles. The fraction of sp³-hybridized carbons (Fsp3) is 0.833. The van der Waals surface area contributed by atoms with Crippen molar-refractivity contribution in [1.82, 2.24) is 9.80 Å². The molecule has 96 valence electrons. The van der Waals surface area contributed by atoms with Gasteiger partial charge in [0, 0.05) is 26.7 Å². The van der Waals surface area contributed by atoms with Crippen molar-refractivity contribution in [3.8, 4) is 0 Å². The van der Waals surface area contributed by atoms with Crippen LogP contribution in [0.25, 0.3) is 0 Å². The van der Waals surface area contributed by atoms with Gasteiger partial charge in [-0.25, -0.2) is 0 Å². The number of carbonyl (C=O) groups excluding carboxylic acids is 2. The highest BCUT2D eigenvalue weighted by Crippen LogP contribution is 2.39. The van der Waals surface area contributed by atoms with Crippen LogP contribution in [0.3, 0.4) is 0 Å². The summed E-state index contributed by atoms with van der Waals surface area (Å²) in [6.07, 6.45) is 4.78. The summed E-state index contributed by atoms with van der Waals surface area (Å²) in [5, 5.41) is 0. The first kappa shape index (κ1) is 12.7. The predicted octanol–water partition coefficient (Wildman–Crippen LogP) is 0.820. The van der Waals surface area contributed by atoms with Gasteiger partial charge in [0.2, 0.25) is 11.8 Å². The van der Waals surface area contributed by atoms with Gasteiger partial charge in [-0.1, -0.05) is 0 Å². The van der Waals surface area contributed by atoms with Crippen molar-refractivity contribution >= 4 is 23.6 Å². The number of nitrogens with zero attached hydrogens (tertiary/aromatic N) is 2. The minimum absolute atomic E-state index is 0.176. The van der Waals surface area contributed by atoms with Gasteiger partial charge in [-0.3, -0.25) is 9.59 Å². The highest BCUT2D eigenvalue weighted by Gasteiger charge is 2.48. The third-order valence-corrected chi connectivity index (χ3v) is 4.46. The van der Waals surface area contributed by atoms with Crippen molar-refractivity contribution in [3.63, 3.8) is 0 Å². The number of amides is 2. The molecular formula is C12H20N2O2S. The molecule has 5 heteroatoms. The van der Waals surface area contributed by atoms with Gasteiger partial charge in [0.25, 0.3) is 0 Å². The highest BCUT2D eigenvalue weighted by atomic mass is 32.2. The fourth-order valence-electron chi connectivity index (χ4n) is 2.95. The minimum Gasteiger partial charge on any atom is -0.345 e. The Balaban J connectivity index is 2.04. The van der Waals surface area contributed by atoms with E-state index in [1.165, 1.54) is 0 Å². The number of carbonyl (C=O) groups is 2. The number of hydrogen-bond donors (Lipinski definition) is 0. The average molecular weight is 256 g/mol. The van der Waals surface area contributed by atoms with Crippen molar-refractivity contribution in [2.45, 2.75) is 19.3 Å². The van der Waals surface area contributed by atoms with E-state index >= 15 is 0 Å². The normalized spacial score (nSPS) is 29.2. The van der Waals surface area contributed by atoms with Gasteiger partial charge in [0.15, 0.2) is 0 Å². The SMILES string of the molecule is CSCC(=O)N1CC[C@@]2(CCCN(C)C2=O)C1. The molecule has 2 aliphatic heterocycles. The summed E-state index contributed by atoms with van der Waals surface area (Å²) >= 11 is 1.55. The van der Waals surface area contributed by atoms with E-state index in [4.69, 9.17) is 0 Å². The Labute approximate surface area is 107 Å². The summed E-state index contributed by atoms with van der Waals surface area (Å²) in [7, 11) is 1.87. The van der Waals surface area contributed by atoms with Crippen molar-refractivity contribution in [2.24, 2.45) is 5.41 Å². The van der Waals surface area contributed by atoms with Crippen LogP contribution in [0.1, 0.15) is 19.3 Å². The van der Waals surface area contributed by atoms with Gasteiger partial charge in [0.1, 0.15) is 0 Å². The molecule has 0 aliphatic carbocycles. The van der Waals surface area contributed by atoms with Crippen LogP contribution in [0.2, 0.25) is 0 Å². The fourth-order valence-corrected chi connectivity index (χ4v) is 3.38. The van der Waals surface area contributed by atoms with E-state index in [-0.39, 0.29) is 17.2 Å². The summed E-state index contributed by atoms with van der Waals surface area (Å²) in [6.45, 7) is 2.24. The molecule has 0 unspecified atom stereocenters. The number of likely N-dealkylation sites (tertiary alicyclic amines) is 2. The molecule has 0 N–H and O–H groups in total. The maximum Gasteiger partial charge on any atom is 0.232 e. The largest absolute Gasteiger partial charge is 0.345 e. The first-order valence-corrected chi connectivity index (χ1v) is 7.51. The molecule has 2 rings (SSSR count). The van der Waals surface area contributed by atoms with E-state index < -0.39 is 0 Å². The molecule has 0 bridgehead atoms. The van der Waals surface area contributed by atoms with Crippen LogP contribution in [0.4, 0.5) is 0 Å². The van der Waals surface area contributed by atoms with Gasteiger partial charge in [-0.15, -0.1) is 0 Å². The third-order valence-electron chi connectivity index (χ3n) is 3.92. The second kappa shape index (κ2) is 4.88. The summed E-state index contributed by atoms with van der Waals surface area (Å²) < 4.78 is 0. The molecule has 0 aromatic carbocycles. The summed E-state index contributed by atoms with van der Waals surface area (Å²) in [4.78, 5) is 27.8. The van der Waals surface area contributed by atoms with E-state index in [2.05, 4.69) is 0 Å². The predicted molar refractivity (Wildman–Crippen MR) is 68.9 cm³/mol. The number of piperidine rings is 1. The minimum atomic E-state index is -0.263.